The lowest BCUT2D eigenvalue weighted by Crippen LogP contribution is -2.04. The summed E-state index contributed by atoms with van der Waals surface area (Å²) in [4.78, 5) is 12.2. The molecule has 0 bridgehead atoms. The zero-order valence-electron chi connectivity index (χ0n) is 11.3. The fourth-order valence-electron chi connectivity index (χ4n) is 2.60. The Balaban J connectivity index is 2.19. The van der Waals surface area contributed by atoms with E-state index in [2.05, 4.69) is 0 Å². The number of halogens is 3. The van der Waals surface area contributed by atoms with Crippen molar-refractivity contribution in [2.24, 2.45) is 0 Å². The van der Waals surface area contributed by atoms with Gasteiger partial charge in [-0.2, -0.15) is 13.2 Å². The first-order valence-corrected chi connectivity index (χ1v) is 6.54. The van der Waals surface area contributed by atoms with Crippen molar-refractivity contribution in [3.8, 4) is 5.75 Å². The van der Waals surface area contributed by atoms with E-state index in [-0.39, 0.29) is 33.3 Å². The van der Waals surface area contributed by atoms with Gasteiger partial charge in [0.05, 0.1) is 10.9 Å². The summed E-state index contributed by atoms with van der Waals surface area (Å²) in [6.07, 6.45) is -4.53. The van der Waals surface area contributed by atoms with Crippen LogP contribution in [0.3, 0.4) is 0 Å². The van der Waals surface area contributed by atoms with Gasteiger partial charge in [0.15, 0.2) is 5.58 Å². The van der Waals surface area contributed by atoms with Crippen LogP contribution in [0.2, 0.25) is 0 Å². The second-order valence-electron chi connectivity index (χ2n) is 5.08. The molecule has 0 spiro atoms. The largest absolute Gasteiger partial charge is 0.508 e. The first-order valence-electron chi connectivity index (χ1n) is 6.54. The Morgan fingerprint density at radius 1 is 0.913 bits per heavy atom. The van der Waals surface area contributed by atoms with Gasteiger partial charge in [-0.1, -0.05) is 0 Å². The summed E-state index contributed by atoms with van der Waals surface area (Å²) in [5, 5.41) is 9.82. The number of phenols is 1. The van der Waals surface area contributed by atoms with Gasteiger partial charge in [0.2, 0.25) is 0 Å². The van der Waals surface area contributed by atoms with E-state index in [4.69, 9.17) is 8.83 Å². The van der Waals surface area contributed by atoms with Crippen LogP contribution in [0.4, 0.5) is 13.2 Å². The Morgan fingerprint density at radius 2 is 1.70 bits per heavy atom. The predicted octanol–water partition coefficient (Wildman–Crippen LogP) is 4.42. The molecule has 0 saturated heterocycles. The zero-order chi connectivity index (χ0) is 16.4. The number of phenolic OH excluding ortho intramolecular Hbond substituents is 1. The summed E-state index contributed by atoms with van der Waals surface area (Å²) in [5.74, 6) is -0.101. The quantitative estimate of drug-likeness (QED) is 0.487. The fourth-order valence-corrected chi connectivity index (χ4v) is 2.60. The van der Waals surface area contributed by atoms with E-state index in [0.29, 0.717) is 5.39 Å². The van der Waals surface area contributed by atoms with Crippen LogP contribution in [-0.4, -0.2) is 5.11 Å². The lowest BCUT2D eigenvalue weighted by Gasteiger charge is -2.05. The molecule has 116 valence electrons. The molecular weight excluding hydrogens is 313 g/mol. The van der Waals surface area contributed by atoms with Gasteiger partial charge in [0.25, 0.3) is 0 Å². The molecule has 2 heterocycles. The molecule has 0 fully saturated rings. The number of hydrogen-bond acceptors (Lipinski definition) is 4. The van der Waals surface area contributed by atoms with Gasteiger partial charge in [0.1, 0.15) is 22.3 Å². The first kappa shape index (κ1) is 13.7. The molecule has 23 heavy (non-hydrogen) atoms. The average Bonchev–Trinajstić information content (AvgIpc) is 2.85. The maximum Gasteiger partial charge on any atom is 0.416 e. The molecule has 0 unspecified atom stereocenters. The summed E-state index contributed by atoms with van der Waals surface area (Å²) in [6.45, 7) is 0. The number of alkyl halides is 3. The minimum Gasteiger partial charge on any atom is -0.508 e. The third-order valence-corrected chi connectivity index (χ3v) is 3.63. The third-order valence-electron chi connectivity index (χ3n) is 3.63. The van der Waals surface area contributed by atoms with Crippen molar-refractivity contribution in [3.05, 3.63) is 52.4 Å². The molecule has 4 rings (SSSR count). The highest BCUT2D eigenvalue weighted by Gasteiger charge is 2.31. The summed E-state index contributed by atoms with van der Waals surface area (Å²) in [7, 11) is 0. The Bertz CT molecular complexity index is 1140. The van der Waals surface area contributed by atoms with Gasteiger partial charge in [-0.25, -0.2) is 4.79 Å². The number of rotatable bonds is 0. The fraction of sp³-hybridized carbons (Fsp3) is 0.0625. The van der Waals surface area contributed by atoms with Gasteiger partial charge in [-0.05, 0) is 30.3 Å². The highest BCUT2D eigenvalue weighted by molar-refractivity contribution is 6.13. The van der Waals surface area contributed by atoms with Crippen molar-refractivity contribution in [2.75, 3.05) is 0 Å². The Morgan fingerprint density at radius 3 is 2.43 bits per heavy atom. The minimum absolute atomic E-state index is 0.0403. The topological polar surface area (TPSA) is 63.6 Å². The summed E-state index contributed by atoms with van der Waals surface area (Å²) in [5.41, 5.74) is -1.32. The Kier molecular flexibility index (Phi) is 2.55. The molecule has 4 aromatic rings. The van der Waals surface area contributed by atoms with E-state index < -0.39 is 17.4 Å². The number of fused-ring (bicyclic) bond motifs is 5. The molecule has 0 amide bonds. The van der Waals surface area contributed by atoms with Gasteiger partial charge in [-0.3, -0.25) is 0 Å². The highest BCUT2D eigenvalue weighted by Crippen LogP contribution is 2.36. The molecular formula is C16H7F3O4. The first-order chi connectivity index (χ1) is 10.8. The van der Waals surface area contributed by atoms with E-state index in [0.717, 1.165) is 12.1 Å². The van der Waals surface area contributed by atoms with Crippen molar-refractivity contribution in [1.82, 2.24) is 0 Å². The SMILES string of the molecule is O=c1oc2cc(O)ccc2c2oc3ccc(C(F)(F)F)cc3c12. The van der Waals surface area contributed by atoms with Crippen LogP contribution in [0.1, 0.15) is 5.56 Å². The van der Waals surface area contributed by atoms with Crippen LogP contribution in [-0.2, 0) is 6.18 Å². The maximum atomic E-state index is 12.9. The summed E-state index contributed by atoms with van der Waals surface area (Å²) >= 11 is 0. The van der Waals surface area contributed by atoms with Crippen molar-refractivity contribution in [3.63, 3.8) is 0 Å². The van der Waals surface area contributed by atoms with Crippen molar-refractivity contribution >= 4 is 32.9 Å². The molecule has 0 aliphatic rings. The molecule has 4 nitrogen and oxygen atoms in total. The van der Waals surface area contributed by atoms with Gasteiger partial charge in [0, 0.05) is 11.5 Å². The molecule has 0 saturated carbocycles. The molecule has 1 N–H and O–H groups in total. The van der Waals surface area contributed by atoms with Gasteiger partial charge >= 0.3 is 11.8 Å². The molecule has 7 heteroatoms. The smallest absolute Gasteiger partial charge is 0.416 e. The molecule has 0 radical (unpaired) electrons. The number of furan rings is 1. The standard InChI is InChI=1S/C16H7F3O4/c17-16(18,19)7-1-4-11-10(5-7)13-14(22-11)9-3-2-8(20)6-12(9)23-15(13)21/h1-6,20H. The molecule has 0 atom stereocenters. The van der Waals surface area contributed by atoms with Crippen LogP contribution in [0.25, 0.3) is 32.9 Å². The highest BCUT2D eigenvalue weighted by atomic mass is 19.4. The van der Waals surface area contributed by atoms with E-state index in [1.807, 2.05) is 0 Å². The van der Waals surface area contributed by atoms with Crippen molar-refractivity contribution in [1.29, 1.82) is 0 Å². The predicted molar refractivity (Wildman–Crippen MR) is 76.4 cm³/mol. The molecule has 2 aromatic heterocycles. The zero-order valence-corrected chi connectivity index (χ0v) is 11.3. The second kappa shape index (κ2) is 4.28. The van der Waals surface area contributed by atoms with Crippen LogP contribution in [0, 0.1) is 0 Å². The molecule has 0 aliphatic carbocycles. The summed E-state index contributed by atoms with van der Waals surface area (Å²) in [6, 6.07) is 7.01. The van der Waals surface area contributed by atoms with E-state index in [1.54, 1.807) is 0 Å². The Hall–Kier alpha value is -2.96. The number of aromatic hydroxyl groups is 1. The second-order valence-corrected chi connectivity index (χ2v) is 5.08. The van der Waals surface area contributed by atoms with Crippen molar-refractivity contribution in [2.45, 2.75) is 6.18 Å². The van der Waals surface area contributed by atoms with Crippen LogP contribution in [0.5, 0.6) is 5.75 Å². The summed E-state index contributed by atoms with van der Waals surface area (Å²) < 4.78 is 49.2. The monoisotopic (exact) mass is 320 g/mol. The van der Waals surface area contributed by atoms with Crippen LogP contribution in [0.15, 0.2) is 50.0 Å². The number of hydrogen-bond donors (Lipinski definition) is 1. The lowest BCUT2D eigenvalue weighted by atomic mass is 10.1. The normalized spacial score (nSPS) is 12.5. The lowest BCUT2D eigenvalue weighted by molar-refractivity contribution is -0.137. The molecule has 0 aliphatic heterocycles. The van der Waals surface area contributed by atoms with Crippen LogP contribution < -0.4 is 5.63 Å². The average molecular weight is 320 g/mol. The van der Waals surface area contributed by atoms with Gasteiger partial charge in [-0.15, -0.1) is 0 Å². The van der Waals surface area contributed by atoms with Crippen molar-refractivity contribution < 1.29 is 27.1 Å². The van der Waals surface area contributed by atoms with E-state index in [9.17, 15) is 23.1 Å². The van der Waals surface area contributed by atoms with E-state index in [1.165, 1.54) is 24.3 Å². The molecule has 2 aromatic carbocycles. The maximum absolute atomic E-state index is 12.9. The minimum atomic E-state index is -4.53. The third kappa shape index (κ3) is 1.97. The number of benzene rings is 2. The van der Waals surface area contributed by atoms with Crippen LogP contribution >= 0.6 is 0 Å². The Labute approximate surface area is 125 Å². The van der Waals surface area contributed by atoms with E-state index >= 15 is 0 Å². The van der Waals surface area contributed by atoms with Gasteiger partial charge < -0.3 is 13.9 Å².